The van der Waals surface area contributed by atoms with Crippen molar-refractivity contribution >= 4 is 33.7 Å². The minimum absolute atomic E-state index is 0.470. The quantitative estimate of drug-likeness (QED) is 0.846. The highest BCUT2D eigenvalue weighted by Crippen LogP contribution is 2.34. The molecule has 0 bridgehead atoms. The highest BCUT2D eigenvalue weighted by molar-refractivity contribution is 7.80. The third kappa shape index (κ3) is 2.62. The van der Waals surface area contributed by atoms with Gasteiger partial charge in [-0.2, -0.15) is 0 Å². The molecule has 1 heterocycles. The summed E-state index contributed by atoms with van der Waals surface area (Å²) < 4.78 is 0. The van der Waals surface area contributed by atoms with Gasteiger partial charge in [0.2, 0.25) is 0 Å². The van der Waals surface area contributed by atoms with Crippen molar-refractivity contribution in [3.63, 3.8) is 0 Å². The Morgan fingerprint density at radius 1 is 1.10 bits per heavy atom. The predicted octanol–water partition coefficient (Wildman–Crippen LogP) is 4.10. The molecule has 1 fully saturated rings. The predicted molar refractivity (Wildman–Crippen MR) is 95.0 cm³/mol. The molecule has 3 heteroatoms. The van der Waals surface area contributed by atoms with Crippen LogP contribution in [0.4, 0.5) is 5.69 Å². The third-order valence-electron chi connectivity index (χ3n) is 4.59. The average Bonchev–Trinajstić information content (AvgIpc) is 2.48. The minimum Gasteiger partial charge on any atom is -0.389 e. The summed E-state index contributed by atoms with van der Waals surface area (Å²) >= 11 is 5.20. The Hall–Kier alpha value is -1.61. The Kier molecular flexibility index (Phi) is 3.85. The van der Waals surface area contributed by atoms with Crippen molar-refractivity contribution in [2.45, 2.75) is 32.7 Å². The molecule has 2 nitrogen and oxygen atoms in total. The standard InChI is InChI=1S/C18H22N2S/c1-12-7-8-13(2)20(11-12)17-10-9-16(18(19)21)14-5-3-4-6-15(14)17/h3-6,9-10,12-13H,7-8,11H2,1-2H3,(H2,19,21). The maximum atomic E-state index is 5.88. The second kappa shape index (κ2) is 5.64. The maximum absolute atomic E-state index is 5.88. The van der Waals surface area contributed by atoms with Crippen LogP contribution in [0.1, 0.15) is 32.3 Å². The number of fused-ring (bicyclic) bond motifs is 1. The average molecular weight is 298 g/mol. The molecule has 2 aromatic carbocycles. The molecule has 0 amide bonds. The van der Waals surface area contributed by atoms with E-state index in [0.717, 1.165) is 23.4 Å². The van der Waals surface area contributed by atoms with Crippen molar-refractivity contribution in [1.29, 1.82) is 0 Å². The monoisotopic (exact) mass is 298 g/mol. The zero-order chi connectivity index (χ0) is 15.0. The second-order valence-corrected chi connectivity index (χ2v) is 6.67. The minimum atomic E-state index is 0.470. The van der Waals surface area contributed by atoms with Crippen molar-refractivity contribution in [3.05, 3.63) is 42.0 Å². The van der Waals surface area contributed by atoms with E-state index >= 15 is 0 Å². The molecular formula is C18H22N2S. The largest absolute Gasteiger partial charge is 0.389 e. The van der Waals surface area contributed by atoms with Crippen molar-refractivity contribution in [1.82, 2.24) is 0 Å². The number of nitrogens with two attached hydrogens (primary N) is 1. The van der Waals surface area contributed by atoms with E-state index in [1.807, 2.05) is 0 Å². The molecule has 1 aliphatic heterocycles. The number of hydrogen-bond donors (Lipinski definition) is 1. The Labute approximate surface area is 131 Å². The number of benzene rings is 2. The van der Waals surface area contributed by atoms with Crippen LogP contribution in [0.15, 0.2) is 36.4 Å². The Balaban J connectivity index is 2.15. The van der Waals surface area contributed by atoms with Gasteiger partial charge in [-0.25, -0.2) is 0 Å². The third-order valence-corrected chi connectivity index (χ3v) is 4.81. The zero-order valence-electron chi connectivity index (χ0n) is 12.7. The van der Waals surface area contributed by atoms with Gasteiger partial charge in [-0.05, 0) is 43.2 Å². The fourth-order valence-electron chi connectivity index (χ4n) is 3.37. The number of thiocarbonyl (C=S) groups is 1. The number of piperidine rings is 1. The van der Waals surface area contributed by atoms with Crippen molar-refractivity contribution in [2.24, 2.45) is 11.7 Å². The molecule has 0 aromatic heterocycles. The summed E-state index contributed by atoms with van der Waals surface area (Å²) in [7, 11) is 0. The number of anilines is 1. The van der Waals surface area contributed by atoms with E-state index in [0.29, 0.717) is 11.0 Å². The number of rotatable bonds is 2. The van der Waals surface area contributed by atoms with Crippen molar-refractivity contribution in [2.75, 3.05) is 11.4 Å². The first-order valence-electron chi connectivity index (χ1n) is 7.66. The number of hydrogen-bond acceptors (Lipinski definition) is 2. The molecule has 2 N–H and O–H groups in total. The van der Waals surface area contributed by atoms with E-state index in [1.54, 1.807) is 0 Å². The van der Waals surface area contributed by atoms with E-state index in [1.165, 1.54) is 23.9 Å². The summed E-state index contributed by atoms with van der Waals surface area (Å²) in [5, 5.41) is 2.41. The van der Waals surface area contributed by atoms with E-state index in [-0.39, 0.29) is 0 Å². The summed E-state index contributed by atoms with van der Waals surface area (Å²) in [5.74, 6) is 0.746. The lowest BCUT2D eigenvalue weighted by atomic mass is 9.93. The highest BCUT2D eigenvalue weighted by Gasteiger charge is 2.24. The van der Waals surface area contributed by atoms with Crippen LogP contribution in [0.2, 0.25) is 0 Å². The first-order chi connectivity index (χ1) is 10.1. The van der Waals surface area contributed by atoms with Gasteiger partial charge in [-0.1, -0.05) is 43.4 Å². The van der Waals surface area contributed by atoms with Gasteiger partial charge in [0.05, 0.1) is 0 Å². The summed E-state index contributed by atoms with van der Waals surface area (Å²) in [6.45, 7) is 5.78. The van der Waals surface area contributed by atoms with Gasteiger partial charge in [0.1, 0.15) is 4.99 Å². The molecular weight excluding hydrogens is 276 g/mol. The van der Waals surface area contributed by atoms with Gasteiger partial charge < -0.3 is 10.6 Å². The van der Waals surface area contributed by atoms with E-state index in [2.05, 4.69) is 55.1 Å². The first-order valence-corrected chi connectivity index (χ1v) is 8.07. The topological polar surface area (TPSA) is 29.3 Å². The fourth-order valence-corrected chi connectivity index (χ4v) is 3.55. The molecule has 1 aliphatic rings. The van der Waals surface area contributed by atoms with Gasteiger partial charge in [-0.15, -0.1) is 0 Å². The molecule has 1 saturated heterocycles. The SMILES string of the molecule is CC1CCC(C)N(c2ccc(C(N)=S)c3ccccc23)C1. The highest BCUT2D eigenvalue weighted by atomic mass is 32.1. The zero-order valence-corrected chi connectivity index (χ0v) is 13.5. The van der Waals surface area contributed by atoms with Crippen LogP contribution in [0.3, 0.4) is 0 Å². The van der Waals surface area contributed by atoms with Gasteiger partial charge in [0, 0.05) is 29.2 Å². The van der Waals surface area contributed by atoms with Gasteiger partial charge in [-0.3, -0.25) is 0 Å². The lowest BCUT2D eigenvalue weighted by Crippen LogP contribution is -2.41. The van der Waals surface area contributed by atoms with Crippen LogP contribution in [0.5, 0.6) is 0 Å². The van der Waals surface area contributed by atoms with E-state index in [4.69, 9.17) is 18.0 Å². The van der Waals surface area contributed by atoms with Crippen molar-refractivity contribution < 1.29 is 0 Å². The Morgan fingerprint density at radius 3 is 2.52 bits per heavy atom. The normalized spacial score (nSPS) is 22.5. The molecule has 0 saturated carbocycles. The van der Waals surface area contributed by atoms with Gasteiger partial charge >= 0.3 is 0 Å². The first kappa shape index (κ1) is 14.3. The molecule has 3 rings (SSSR count). The summed E-state index contributed by atoms with van der Waals surface area (Å²) in [4.78, 5) is 3.01. The van der Waals surface area contributed by atoms with E-state index in [9.17, 15) is 0 Å². The Bertz CT molecular complexity index is 680. The van der Waals surface area contributed by atoms with Crippen LogP contribution >= 0.6 is 12.2 Å². The molecule has 110 valence electrons. The molecule has 0 aliphatic carbocycles. The van der Waals surface area contributed by atoms with Crippen LogP contribution in [-0.4, -0.2) is 17.6 Å². The lowest BCUT2D eigenvalue weighted by Gasteiger charge is -2.39. The molecule has 2 unspecified atom stereocenters. The molecule has 0 radical (unpaired) electrons. The summed E-state index contributed by atoms with van der Waals surface area (Å²) in [6, 6.07) is 13.3. The lowest BCUT2D eigenvalue weighted by molar-refractivity contribution is 0.391. The summed E-state index contributed by atoms with van der Waals surface area (Å²) in [5.41, 5.74) is 8.16. The van der Waals surface area contributed by atoms with Gasteiger partial charge in [0.15, 0.2) is 0 Å². The van der Waals surface area contributed by atoms with Crippen LogP contribution in [0, 0.1) is 5.92 Å². The second-order valence-electron chi connectivity index (χ2n) is 6.23. The van der Waals surface area contributed by atoms with Crippen LogP contribution < -0.4 is 10.6 Å². The number of nitrogens with zero attached hydrogens (tertiary/aromatic N) is 1. The molecule has 2 atom stereocenters. The smallest absolute Gasteiger partial charge is 0.104 e. The maximum Gasteiger partial charge on any atom is 0.104 e. The molecule has 21 heavy (non-hydrogen) atoms. The van der Waals surface area contributed by atoms with Crippen LogP contribution in [-0.2, 0) is 0 Å². The van der Waals surface area contributed by atoms with Gasteiger partial charge in [0.25, 0.3) is 0 Å². The Morgan fingerprint density at radius 2 is 1.81 bits per heavy atom. The fraction of sp³-hybridized carbons (Fsp3) is 0.389. The van der Waals surface area contributed by atoms with Crippen molar-refractivity contribution in [3.8, 4) is 0 Å². The van der Waals surface area contributed by atoms with Crippen LogP contribution in [0.25, 0.3) is 10.8 Å². The molecule has 2 aromatic rings. The summed E-state index contributed by atoms with van der Waals surface area (Å²) in [6.07, 6.45) is 2.58. The molecule has 0 spiro atoms. The van der Waals surface area contributed by atoms with E-state index < -0.39 is 0 Å².